The second-order valence-electron chi connectivity index (χ2n) is 5.58. The Morgan fingerprint density at radius 3 is 2.88 bits per heavy atom. The van der Waals surface area contributed by atoms with Gasteiger partial charge in [-0.1, -0.05) is 12.1 Å². The molecule has 1 aromatic heterocycles. The van der Waals surface area contributed by atoms with Crippen molar-refractivity contribution in [1.82, 2.24) is 15.6 Å². The van der Waals surface area contributed by atoms with Crippen molar-refractivity contribution in [3.05, 3.63) is 54.0 Å². The number of unbranched alkanes of at least 4 members (excludes halogenated alkanes) is 1. The molecule has 1 heterocycles. The van der Waals surface area contributed by atoms with E-state index >= 15 is 0 Å². The largest absolute Gasteiger partial charge is 0.439 e. The van der Waals surface area contributed by atoms with Crippen molar-refractivity contribution in [1.29, 1.82) is 0 Å². The quantitative estimate of drug-likeness (QED) is 0.396. The monoisotopic (exact) mass is 376 g/mol. The molecule has 0 amide bonds. The smallest absolute Gasteiger partial charge is 0.224 e. The Morgan fingerprint density at radius 1 is 1.23 bits per heavy atom. The molecule has 7 heteroatoms. The number of aliphatic imine (C=N–C) groups is 1. The first-order valence-corrected chi connectivity index (χ1v) is 9.93. The Morgan fingerprint density at radius 2 is 2.12 bits per heavy atom. The van der Waals surface area contributed by atoms with Crippen molar-refractivity contribution in [2.45, 2.75) is 19.4 Å². The predicted octanol–water partition coefficient (Wildman–Crippen LogP) is 3.82. The van der Waals surface area contributed by atoms with E-state index in [2.05, 4.69) is 26.9 Å². The summed E-state index contributed by atoms with van der Waals surface area (Å²) >= 11 is 1.86. The lowest BCUT2D eigenvalue weighted by atomic mass is 10.2. The van der Waals surface area contributed by atoms with Crippen molar-refractivity contribution in [3.8, 4) is 11.6 Å². The van der Waals surface area contributed by atoms with Gasteiger partial charge in [-0.3, -0.25) is 4.99 Å². The topological polar surface area (TPSA) is 58.5 Å². The minimum Gasteiger partial charge on any atom is -0.439 e. The maximum absolute atomic E-state index is 13.3. The number of thioether (sulfide) groups is 1. The summed E-state index contributed by atoms with van der Waals surface area (Å²) in [6.07, 6.45) is 6.05. The van der Waals surface area contributed by atoms with Crippen molar-refractivity contribution in [3.63, 3.8) is 0 Å². The maximum atomic E-state index is 13.3. The van der Waals surface area contributed by atoms with E-state index < -0.39 is 0 Å². The number of nitrogens with zero attached hydrogens (tertiary/aromatic N) is 2. The third kappa shape index (κ3) is 6.92. The van der Waals surface area contributed by atoms with E-state index in [0.717, 1.165) is 24.5 Å². The zero-order valence-corrected chi connectivity index (χ0v) is 16.0. The summed E-state index contributed by atoms with van der Waals surface area (Å²) in [6.45, 7) is 1.38. The number of hydrogen-bond acceptors (Lipinski definition) is 4. The summed E-state index contributed by atoms with van der Waals surface area (Å²) < 4.78 is 19.1. The molecule has 1 aromatic carbocycles. The lowest BCUT2D eigenvalue weighted by molar-refractivity contribution is 0.450. The van der Waals surface area contributed by atoms with Gasteiger partial charge in [0.25, 0.3) is 0 Å². The van der Waals surface area contributed by atoms with Gasteiger partial charge in [0, 0.05) is 38.0 Å². The first-order valence-electron chi connectivity index (χ1n) is 8.53. The van der Waals surface area contributed by atoms with Crippen LogP contribution in [0.5, 0.6) is 11.6 Å². The van der Waals surface area contributed by atoms with Crippen LogP contribution in [0.2, 0.25) is 0 Å². The summed E-state index contributed by atoms with van der Waals surface area (Å²) in [6, 6.07) is 9.77. The highest BCUT2D eigenvalue weighted by atomic mass is 32.2. The summed E-state index contributed by atoms with van der Waals surface area (Å²) in [4.78, 5) is 8.48. The van der Waals surface area contributed by atoms with Crippen LogP contribution in [0, 0.1) is 5.82 Å². The lowest BCUT2D eigenvalue weighted by Gasteiger charge is -2.14. The van der Waals surface area contributed by atoms with Gasteiger partial charge in [-0.25, -0.2) is 9.37 Å². The number of benzene rings is 1. The molecule has 0 fully saturated rings. The van der Waals surface area contributed by atoms with Crippen LogP contribution in [0.15, 0.2) is 47.6 Å². The molecule has 0 aliphatic heterocycles. The predicted molar refractivity (Wildman–Crippen MR) is 107 cm³/mol. The van der Waals surface area contributed by atoms with E-state index in [1.165, 1.54) is 24.3 Å². The molecule has 0 bridgehead atoms. The van der Waals surface area contributed by atoms with Crippen molar-refractivity contribution in [2.24, 2.45) is 4.99 Å². The van der Waals surface area contributed by atoms with Gasteiger partial charge in [-0.2, -0.15) is 11.8 Å². The second kappa shape index (κ2) is 11.4. The molecular weight excluding hydrogens is 351 g/mol. The van der Waals surface area contributed by atoms with Gasteiger partial charge in [-0.15, -0.1) is 0 Å². The summed E-state index contributed by atoms with van der Waals surface area (Å²) in [5.74, 6) is 2.42. The maximum Gasteiger partial charge on any atom is 0.224 e. The summed E-state index contributed by atoms with van der Waals surface area (Å²) in [5, 5.41) is 6.55. The number of ether oxygens (including phenoxy) is 1. The van der Waals surface area contributed by atoms with Crippen molar-refractivity contribution in [2.75, 3.05) is 25.6 Å². The van der Waals surface area contributed by atoms with Gasteiger partial charge in [0.05, 0.1) is 0 Å². The molecule has 0 spiro atoms. The van der Waals surface area contributed by atoms with Crippen LogP contribution < -0.4 is 15.4 Å². The zero-order chi connectivity index (χ0) is 18.6. The van der Waals surface area contributed by atoms with E-state index in [9.17, 15) is 4.39 Å². The first-order chi connectivity index (χ1) is 12.7. The number of rotatable bonds is 9. The van der Waals surface area contributed by atoms with E-state index in [1.807, 2.05) is 23.9 Å². The van der Waals surface area contributed by atoms with Gasteiger partial charge < -0.3 is 15.4 Å². The number of pyridine rings is 1. The molecule has 2 N–H and O–H groups in total. The van der Waals surface area contributed by atoms with E-state index in [0.29, 0.717) is 18.2 Å². The fourth-order valence-corrected chi connectivity index (χ4v) is 2.76. The summed E-state index contributed by atoms with van der Waals surface area (Å²) in [7, 11) is 1.74. The number of aromatic nitrogens is 1. The number of halogens is 1. The molecule has 0 aliphatic carbocycles. The Bertz CT molecular complexity index is 711. The molecule has 0 saturated carbocycles. The molecule has 2 aromatic rings. The highest BCUT2D eigenvalue weighted by molar-refractivity contribution is 7.98. The zero-order valence-electron chi connectivity index (χ0n) is 15.2. The van der Waals surface area contributed by atoms with E-state index in [4.69, 9.17) is 4.74 Å². The molecule has 0 saturated heterocycles. The van der Waals surface area contributed by atoms with Crippen LogP contribution in [0.1, 0.15) is 18.4 Å². The van der Waals surface area contributed by atoms with Crippen LogP contribution in [0.4, 0.5) is 4.39 Å². The lowest BCUT2D eigenvalue weighted by Crippen LogP contribution is -2.37. The van der Waals surface area contributed by atoms with Crippen molar-refractivity contribution >= 4 is 17.7 Å². The molecule has 0 unspecified atom stereocenters. The Kier molecular flexibility index (Phi) is 8.75. The van der Waals surface area contributed by atoms with Gasteiger partial charge in [-0.05, 0) is 43.0 Å². The van der Waals surface area contributed by atoms with Crippen LogP contribution in [0.25, 0.3) is 0 Å². The average molecular weight is 377 g/mol. The normalized spacial score (nSPS) is 11.3. The number of nitrogens with one attached hydrogen (secondary N) is 2. The van der Waals surface area contributed by atoms with Crippen LogP contribution >= 0.6 is 11.8 Å². The number of guanidine groups is 1. The number of hydrogen-bond donors (Lipinski definition) is 2. The highest BCUT2D eigenvalue weighted by Crippen LogP contribution is 2.23. The van der Waals surface area contributed by atoms with Crippen LogP contribution in [0.3, 0.4) is 0 Å². The van der Waals surface area contributed by atoms with Crippen molar-refractivity contribution < 1.29 is 9.13 Å². The standard InChI is InChI=1S/C19H25FN4OS/c1-21-19(23-10-3-4-12-26-2)24-14-15-7-6-11-22-18(15)25-17-9-5-8-16(20)13-17/h5-9,11,13H,3-4,10,12,14H2,1-2H3,(H2,21,23,24). The third-order valence-electron chi connectivity index (χ3n) is 3.60. The minimum absolute atomic E-state index is 0.343. The summed E-state index contributed by atoms with van der Waals surface area (Å²) in [5.41, 5.74) is 0.863. The fraction of sp³-hybridized carbons (Fsp3) is 0.368. The van der Waals surface area contributed by atoms with E-state index in [1.54, 1.807) is 25.4 Å². The molecule has 0 radical (unpaired) electrons. The van der Waals surface area contributed by atoms with E-state index in [-0.39, 0.29) is 5.82 Å². The Labute approximate surface area is 158 Å². The van der Waals surface area contributed by atoms with Gasteiger partial charge in [0.1, 0.15) is 11.6 Å². The SMILES string of the molecule is CN=C(NCCCCSC)NCc1cccnc1Oc1cccc(F)c1. The molecule has 0 atom stereocenters. The molecule has 0 aliphatic rings. The molecular formula is C19H25FN4OS. The molecule has 2 rings (SSSR count). The fourth-order valence-electron chi connectivity index (χ4n) is 2.27. The van der Waals surface area contributed by atoms with Crippen LogP contribution in [-0.4, -0.2) is 36.5 Å². The highest BCUT2D eigenvalue weighted by Gasteiger charge is 2.08. The van der Waals surface area contributed by atoms with Gasteiger partial charge >= 0.3 is 0 Å². The first kappa shape index (κ1) is 20.0. The van der Waals surface area contributed by atoms with Gasteiger partial charge in [0.15, 0.2) is 5.96 Å². The Balaban J connectivity index is 1.90. The minimum atomic E-state index is -0.343. The molecule has 5 nitrogen and oxygen atoms in total. The average Bonchev–Trinajstić information content (AvgIpc) is 2.65. The van der Waals surface area contributed by atoms with Crippen LogP contribution in [-0.2, 0) is 6.54 Å². The molecule has 140 valence electrons. The molecule has 26 heavy (non-hydrogen) atoms. The third-order valence-corrected chi connectivity index (χ3v) is 4.30. The van der Waals surface area contributed by atoms with Gasteiger partial charge in [0.2, 0.25) is 5.88 Å². The Hall–Kier alpha value is -2.28. The second-order valence-corrected chi connectivity index (χ2v) is 6.57.